The Kier molecular flexibility index (Phi) is 2.91. The molecule has 2 aromatic carbocycles. The average molecular weight is 229 g/mol. The third kappa shape index (κ3) is 2.33. The summed E-state index contributed by atoms with van der Waals surface area (Å²) in [5.41, 5.74) is 8.05. The van der Waals surface area contributed by atoms with Crippen molar-refractivity contribution in [3.8, 4) is 0 Å². The third-order valence-corrected chi connectivity index (χ3v) is 2.56. The molecule has 0 aliphatic rings. The minimum Gasteiger partial charge on any atom is -0.398 e. The van der Waals surface area contributed by atoms with Crippen LogP contribution < -0.4 is 5.73 Å². The zero-order valence-electron chi connectivity index (χ0n) is 9.41. The number of nitrogens with two attached hydrogens (primary N) is 1. The fraction of sp³-hybridized carbons (Fsp3) is 0.0714. The maximum absolute atomic E-state index is 12.8. The second-order valence-electron chi connectivity index (χ2n) is 3.93. The Bertz CT molecular complexity index is 561. The van der Waals surface area contributed by atoms with Crippen molar-refractivity contribution >= 4 is 11.5 Å². The van der Waals surface area contributed by atoms with Crippen LogP contribution in [0.3, 0.4) is 0 Å². The van der Waals surface area contributed by atoms with Crippen molar-refractivity contribution in [1.82, 2.24) is 0 Å². The zero-order chi connectivity index (χ0) is 12.4. The number of anilines is 1. The number of hydrogen-bond donors (Lipinski definition) is 1. The van der Waals surface area contributed by atoms with Crippen LogP contribution in [0, 0.1) is 12.7 Å². The number of halogens is 1. The number of rotatable bonds is 2. The second kappa shape index (κ2) is 4.37. The number of carbonyl (C=O) groups excluding carboxylic acids is 1. The number of carbonyl (C=O) groups is 1. The third-order valence-electron chi connectivity index (χ3n) is 2.56. The summed E-state index contributed by atoms with van der Waals surface area (Å²) in [5.74, 6) is -0.551. The first-order valence-corrected chi connectivity index (χ1v) is 5.24. The highest BCUT2D eigenvalue weighted by molar-refractivity contribution is 6.12. The topological polar surface area (TPSA) is 43.1 Å². The summed E-state index contributed by atoms with van der Waals surface area (Å²) >= 11 is 0. The van der Waals surface area contributed by atoms with Gasteiger partial charge in [-0.1, -0.05) is 11.6 Å². The Hall–Kier alpha value is -2.16. The molecule has 0 atom stereocenters. The molecule has 0 saturated heterocycles. The lowest BCUT2D eigenvalue weighted by Gasteiger charge is -2.06. The lowest BCUT2D eigenvalue weighted by Crippen LogP contribution is -2.05. The minimum absolute atomic E-state index is 0.189. The molecule has 0 aliphatic carbocycles. The summed E-state index contributed by atoms with van der Waals surface area (Å²) in [4.78, 5) is 12.1. The lowest BCUT2D eigenvalue weighted by molar-refractivity contribution is 0.103. The molecule has 0 aromatic heterocycles. The molecule has 2 N–H and O–H groups in total. The van der Waals surface area contributed by atoms with Crippen molar-refractivity contribution < 1.29 is 9.18 Å². The van der Waals surface area contributed by atoms with E-state index in [0.717, 1.165) is 5.56 Å². The van der Waals surface area contributed by atoms with Gasteiger partial charge in [0, 0.05) is 16.8 Å². The highest BCUT2D eigenvalue weighted by Crippen LogP contribution is 2.18. The summed E-state index contributed by atoms with van der Waals surface area (Å²) in [7, 11) is 0. The molecule has 0 amide bonds. The zero-order valence-corrected chi connectivity index (χ0v) is 9.41. The average Bonchev–Trinajstić information content (AvgIpc) is 2.32. The maximum atomic E-state index is 12.8. The van der Waals surface area contributed by atoms with E-state index >= 15 is 0 Å². The highest BCUT2D eigenvalue weighted by atomic mass is 19.1. The predicted octanol–water partition coefficient (Wildman–Crippen LogP) is 2.95. The van der Waals surface area contributed by atoms with Crippen molar-refractivity contribution in [3.05, 3.63) is 65.0 Å². The molecule has 0 radical (unpaired) electrons. The molecule has 2 rings (SSSR count). The minimum atomic E-state index is -0.362. The first-order valence-electron chi connectivity index (χ1n) is 5.24. The molecule has 17 heavy (non-hydrogen) atoms. The molecule has 2 aromatic rings. The second-order valence-corrected chi connectivity index (χ2v) is 3.93. The van der Waals surface area contributed by atoms with E-state index in [4.69, 9.17) is 5.73 Å². The van der Waals surface area contributed by atoms with Gasteiger partial charge in [-0.15, -0.1) is 0 Å². The van der Waals surface area contributed by atoms with Crippen LogP contribution in [-0.4, -0.2) is 5.78 Å². The monoisotopic (exact) mass is 229 g/mol. The number of nitrogen functional groups attached to an aromatic ring is 1. The van der Waals surface area contributed by atoms with Crippen LogP contribution in [0.5, 0.6) is 0 Å². The van der Waals surface area contributed by atoms with Crippen LogP contribution in [0.4, 0.5) is 10.1 Å². The maximum Gasteiger partial charge on any atom is 0.195 e. The molecule has 0 heterocycles. The predicted molar refractivity (Wildman–Crippen MR) is 65.4 cm³/mol. The highest BCUT2D eigenvalue weighted by Gasteiger charge is 2.12. The van der Waals surface area contributed by atoms with Crippen LogP contribution >= 0.6 is 0 Å². The van der Waals surface area contributed by atoms with E-state index in [2.05, 4.69) is 0 Å². The van der Waals surface area contributed by atoms with E-state index < -0.39 is 0 Å². The van der Waals surface area contributed by atoms with Crippen molar-refractivity contribution in [2.24, 2.45) is 0 Å². The smallest absolute Gasteiger partial charge is 0.195 e. The Morgan fingerprint density at radius 3 is 2.41 bits per heavy atom. The quantitative estimate of drug-likeness (QED) is 0.635. The summed E-state index contributed by atoms with van der Waals surface area (Å²) in [6, 6.07) is 10.7. The number of hydrogen-bond acceptors (Lipinski definition) is 2. The molecular weight excluding hydrogens is 217 g/mol. The van der Waals surface area contributed by atoms with Crippen molar-refractivity contribution in [1.29, 1.82) is 0 Å². The standard InChI is InChI=1S/C14H12FNO/c1-9-2-7-13(16)12(8-9)14(17)10-3-5-11(15)6-4-10/h2-8H,16H2,1H3. The molecular formula is C14H12FNO. The van der Waals surface area contributed by atoms with E-state index in [1.807, 2.05) is 13.0 Å². The molecule has 0 bridgehead atoms. The Labute approximate surface area is 98.9 Å². The Morgan fingerprint density at radius 2 is 1.76 bits per heavy atom. The number of ketones is 1. The summed E-state index contributed by atoms with van der Waals surface area (Å²) in [5, 5.41) is 0. The van der Waals surface area contributed by atoms with Crippen LogP contribution in [0.15, 0.2) is 42.5 Å². The number of benzene rings is 2. The van der Waals surface area contributed by atoms with Gasteiger partial charge < -0.3 is 5.73 Å². The first kappa shape index (κ1) is 11.3. The van der Waals surface area contributed by atoms with Crippen LogP contribution in [-0.2, 0) is 0 Å². The van der Waals surface area contributed by atoms with Gasteiger partial charge in [-0.3, -0.25) is 4.79 Å². The van der Waals surface area contributed by atoms with Gasteiger partial charge >= 0.3 is 0 Å². The SMILES string of the molecule is Cc1ccc(N)c(C(=O)c2ccc(F)cc2)c1. The fourth-order valence-corrected chi connectivity index (χ4v) is 1.62. The molecule has 0 saturated carbocycles. The van der Waals surface area contributed by atoms with Gasteiger partial charge in [-0.25, -0.2) is 4.39 Å². The van der Waals surface area contributed by atoms with Crippen LogP contribution in [0.1, 0.15) is 21.5 Å². The van der Waals surface area contributed by atoms with E-state index in [1.165, 1.54) is 24.3 Å². The lowest BCUT2D eigenvalue weighted by atomic mass is 10.00. The van der Waals surface area contributed by atoms with Gasteiger partial charge in [-0.2, -0.15) is 0 Å². The summed E-state index contributed by atoms with van der Waals surface area (Å²) < 4.78 is 12.8. The molecule has 0 fully saturated rings. The van der Waals surface area contributed by atoms with Gasteiger partial charge in [0.15, 0.2) is 5.78 Å². The van der Waals surface area contributed by atoms with Crippen molar-refractivity contribution in [3.63, 3.8) is 0 Å². The van der Waals surface area contributed by atoms with Gasteiger partial charge in [0.1, 0.15) is 5.82 Å². The van der Waals surface area contributed by atoms with Crippen LogP contribution in [0.25, 0.3) is 0 Å². The van der Waals surface area contributed by atoms with Gasteiger partial charge in [-0.05, 0) is 43.3 Å². The Morgan fingerprint density at radius 1 is 1.12 bits per heavy atom. The van der Waals surface area contributed by atoms with Crippen molar-refractivity contribution in [2.45, 2.75) is 6.92 Å². The first-order chi connectivity index (χ1) is 8.08. The number of aryl methyl sites for hydroxylation is 1. The van der Waals surface area contributed by atoms with Crippen LogP contribution in [0.2, 0.25) is 0 Å². The van der Waals surface area contributed by atoms with E-state index in [9.17, 15) is 9.18 Å². The largest absolute Gasteiger partial charge is 0.398 e. The van der Waals surface area contributed by atoms with Gasteiger partial charge in [0.25, 0.3) is 0 Å². The molecule has 3 heteroatoms. The summed E-state index contributed by atoms with van der Waals surface area (Å²) in [6.45, 7) is 1.89. The fourth-order valence-electron chi connectivity index (χ4n) is 1.62. The Balaban J connectivity index is 2.43. The molecule has 2 nitrogen and oxygen atoms in total. The van der Waals surface area contributed by atoms with E-state index in [1.54, 1.807) is 12.1 Å². The van der Waals surface area contributed by atoms with Gasteiger partial charge in [0.05, 0.1) is 0 Å². The molecule has 0 unspecified atom stereocenters. The normalized spacial score (nSPS) is 10.2. The van der Waals surface area contributed by atoms with E-state index in [0.29, 0.717) is 16.8 Å². The van der Waals surface area contributed by atoms with Crippen molar-refractivity contribution in [2.75, 3.05) is 5.73 Å². The van der Waals surface area contributed by atoms with Gasteiger partial charge in [0.2, 0.25) is 0 Å². The molecule has 0 spiro atoms. The van der Waals surface area contributed by atoms with E-state index in [-0.39, 0.29) is 11.6 Å². The molecule has 0 aliphatic heterocycles. The molecule has 86 valence electrons. The summed E-state index contributed by atoms with van der Waals surface area (Å²) in [6.07, 6.45) is 0.